The van der Waals surface area contributed by atoms with Gasteiger partial charge in [-0.05, 0) is 45.1 Å². The molecule has 0 spiro atoms. The van der Waals surface area contributed by atoms with Crippen LogP contribution in [-0.4, -0.2) is 36.6 Å². The van der Waals surface area contributed by atoms with E-state index in [1.807, 2.05) is 0 Å². The first-order chi connectivity index (χ1) is 7.29. The maximum Gasteiger partial charge on any atom is 0.0683 e. The van der Waals surface area contributed by atoms with E-state index in [1.54, 1.807) is 0 Å². The number of nitrogens with zero attached hydrogens (tertiary/aromatic N) is 1. The van der Waals surface area contributed by atoms with Crippen LogP contribution in [0, 0.1) is 18.3 Å². The van der Waals surface area contributed by atoms with Crippen LogP contribution in [0.2, 0.25) is 0 Å². The Balaban J connectivity index is 1.65. The van der Waals surface area contributed by atoms with E-state index in [2.05, 4.69) is 23.1 Å². The van der Waals surface area contributed by atoms with E-state index in [9.17, 15) is 0 Å². The third kappa shape index (κ3) is 3.22. The Morgan fingerprint density at radius 1 is 1.33 bits per heavy atom. The van der Waals surface area contributed by atoms with Gasteiger partial charge in [-0.15, -0.1) is 6.42 Å². The fraction of sp³-hybridized carbons (Fsp3) is 0.846. The quantitative estimate of drug-likeness (QED) is 0.701. The van der Waals surface area contributed by atoms with E-state index in [0.717, 1.165) is 25.0 Å². The first-order valence-corrected chi connectivity index (χ1v) is 6.23. The van der Waals surface area contributed by atoms with Gasteiger partial charge in [0, 0.05) is 19.1 Å². The lowest BCUT2D eigenvalue weighted by Crippen LogP contribution is -2.45. The molecule has 1 aliphatic heterocycles. The first-order valence-electron chi connectivity index (χ1n) is 6.23. The van der Waals surface area contributed by atoms with Crippen LogP contribution in [0.25, 0.3) is 0 Å². The second-order valence-corrected chi connectivity index (χ2v) is 5.00. The fourth-order valence-corrected chi connectivity index (χ4v) is 2.25. The summed E-state index contributed by atoms with van der Waals surface area (Å²) < 4.78 is 0. The standard InChI is InChI=1S/C13H22N2/c1-3-11(2)15-8-6-13(7-9-15)14-10-12-4-5-12/h1,11-14H,4-10H2,2H3. The van der Waals surface area contributed by atoms with Gasteiger partial charge >= 0.3 is 0 Å². The molecule has 2 heteroatoms. The summed E-state index contributed by atoms with van der Waals surface area (Å²) in [5.41, 5.74) is 0. The van der Waals surface area contributed by atoms with Crippen molar-refractivity contribution in [3.63, 3.8) is 0 Å². The van der Waals surface area contributed by atoms with Gasteiger partial charge in [0.25, 0.3) is 0 Å². The molecular formula is C13H22N2. The van der Waals surface area contributed by atoms with E-state index >= 15 is 0 Å². The summed E-state index contributed by atoms with van der Waals surface area (Å²) in [5.74, 6) is 3.81. The van der Waals surface area contributed by atoms with Crippen LogP contribution in [-0.2, 0) is 0 Å². The van der Waals surface area contributed by atoms with Gasteiger partial charge in [-0.3, -0.25) is 4.90 Å². The zero-order valence-electron chi connectivity index (χ0n) is 9.71. The highest BCUT2D eigenvalue weighted by molar-refractivity contribution is 4.98. The van der Waals surface area contributed by atoms with Crippen molar-refractivity contribution < 1.29 is 0 Å². The number of piperidine rings is 1. The molecule has 1 unspecified atom stereocenters. The monoisotopic (exact) mass is 206 g/mol. The SMILES string of the molecule is C#CC(C)N1CCC(NCC2CC2)CC1. The lowest BCUT2D eigenvalue weighted by atomic mass is 10.0. The molecule has 2 fully saturated rings. The zero-order chi connectivity index (χ0) is 10.7. The second kappa shape index (κ2) is 5.01. The van der Waals surface area contributed by atoms with Crippen molar-refractivity contribution in [2.45, 2.75) is 44.7 Å². The molecule has 2 nitrogen and oxygen atoms in total. The fourth-order valence-electron chi connectivity index (χ4n) is 2.25. The Morgan fingerprint density at radius 3 is 2.53 bits per heavy atom. The molecule has 1 saturated carbocycles. The second-order valence-electron chi connectivity index (χ2n) is 5.00. The molecule has 84 valence electrons. The molecule has 1 atom stereocenters. The van der Waals surface area contributed by atoms with Gasteiger partial charge in [0.15, 0.2) is 0 Å². The van der Waals surface area contributed by atoms with E-state index in [0.29, 0.717) is 6.04 Å². The normalized spacial score (nSPS) is 26.1. The number of hydrogen-bond acceptors (Lipinski definition) is 2. The summed E-state index contributed by atoms with van der Waals surface area (Å²) >= 11 is 0. The molecule has 0 bridgehead atoms. The summed E-state index contributed by atoms with van der Waals surface area (Å²) in [4.78, 5) is 2.41. The number of nitrogens with one attached hydrogen (secondary N) is 1. The van der Waals surface area contributed by atoms with Crippen LogP contribution in [0.4, 0.5) is 0 Å². The largest absolute Gasteiger partial charge is 0.314 e. The van der Waals surface area contributed by atoms with Crippen molar-refractivity contribution in [2.75, 3.05) is 19.6 Å². The Hall–Kier alpha value is -0.520. The van der Waals surface area contributed by atoms with Crippen LogP contribution < -0.4 is 5.32 Å². The van der Waals surface area contributed by atoms with E-state index in [4.69, 9.17) is 6.42 Å². The zero-order valence-corrected chi connectivity index (χ0v) is 9.71. The summed E-state index contributed by atoms with van der Waals surface area (Å²) in [6, 6.07) is 1.06. The summed E-state index contributed by atoms with van der Waals surface area (Å²) in [6.07, 6.45) is 10.9. The van der Waals surface area contributed by atoms with Crippen LogP contribution in [0.5, 0.6) is 0 Å². The predicted octanol–water partition coefficient (Wildman–Crippen LogP) is 1.47. The Kier molecular flexibility index (Phi) is 3.66. The lowest BCUT2D eigenvalue weighted by molar-refractivity contribution is 0.178. The summed E-state index contributed by atoms with van der Waals surface area (Å²) in [6.45, 7) is 5.69. The molecule has 2 rings (SSSR count). The highest BCUT2D eigenvalue weighted by atomic mass is 15.2. The van der Waals surface area contributed by atoms with Crippen LogP contribution in [0.15, 0.2) is 0 Å². The minimum Gasteiger partial charge on any atom is -0.314 e. The van der Waals surface area contributed by atoms with Crippen molar-refractivity contribution >= 4 is 0 Å². The molecule has 0 aromatic heterocycles. The first kappa shape index (κ1) is 11.0. The number of rotatable bonds is 4. The maximum atomic E-state index is 5.44. The molecule has 0 aromatic rings. The van der Waals surface area contributed by atoms with Crippen molar-refractivity contribution in [1.82, 2.24) is 10.2 Å². The highest BCUT2D eigenvalue weighted by Gasteiger charge is 2.25. The third-order valence-electron chi connectivity index (χ3n) is 3.71. The topological polar surface area (TPSA) is 15.3 Å². The van der Waals surface area contributed by atoms with Crippen LogP contribution in [0.1, 0.15) is 32.6 Å². The van der Waals surface area contributed by atoms with E-state index < -0.39 is 0 Å². The van der Waals surface area contributed by atoms with Gasteiger partial charge in [-0.2, -0.15) is 0 Å². The van der Waals surface area contributed by atoms with Gasteiger partial charge in [0.2, 0.25) is 0 Å². The molecule has 15 heavy (non-hydrogen) atoms. The summed E-state index contributed by atoms with van der Waals surface area (Å²) in [5, 5.41) is 3.68. The molecule has 1 saturated heterocycles. The van der Waals surface area contributed by atoms with Gasteiger partial charge < -0.3 is 5.32 Å². The average Bonchev–Trinajstić information content (AvgIpc) is 3.10. The van der Waals surface area contributed by atoms with Crippen molar-refractivity contribution in [1.29, 1.82) is 0 Å². The van der Waals surface area contributed by atoms with E-state index in [1.165, 1.54) is 32.2 Å². The predicted molar refractivity (Wildman–Crippen MR) is 63.6 cm³/mol. The lowest BCUT2D eigenvalue weighted by Gasteiger charge is -2.34. The Morgan fingerprint density at radius 2 is 2.00 bits per heavy atom. The highest BCUT2D eigenvalue weighted by Crippen LogP contribution is 2.28. The Labute approximate surface area is 93.4 Å². The van der Waals surface area contributed by atoms with Gasteiger partial charge in [0.05, 0.1) is 6.04 Å². The minimum absolute atomic E-state index is 0.314. The molecule has 1 heterocycles. The molecule has 2 aliphatic rings. The molecule has 1 aliphatic carbocycles. The van der Waals surface area contributed by atoms with Crippen molar-refractivity contribution in [3.05, 3.63) is 0 Å². The van der Waals surface area contributed by atoms with Crippen LogP contribution >= 0.6 is 0 Å². The molecule has 0 amide bonds. The maximum absolute atomic E-state index is 5.44. The molecule has 0 aromatic carbocycles. The van der Waals surface area contributed by atoms with E-state index in [-0.39, 0.29) is 0 Å². The average molecular weight is 206 g/mol. The van der Waals surface area contributed by atoms with Gasteiger partial charge in [0.1, 0.15) is 0 Å². The van der Waals surface area contributed by atoms with Gasteiger partial charge in [-0.25, -0.2) is 0 Å². The molecule has 1 N–H and O–H groups in total. The van der Waals surface area contributed by atoms with Gasteiger partial charge in [-0.1, -0.05) is 5.92 Å². The number of terminal acetylenes is 1. The third-order valence-corrected chi connectivity index (χ3v) is 3.71. The molecule has 0 radical (unpaired) electrons. The van der Waals surface area contributed by atoms with Crippen LogP contribution in [0.3, 0.4) is 0 Å². The smallest absolute Gasteiger partial charge is 0.0683 e. The number of likely N-dealkylation sites (tertiary alicyclic amines) is 1. The van der Waals surface area contributed by atoms with Crippen molar-refractivity contribution in [2.24, 2.45) is 5.92 Å². The molecular weight excluding hydrogens is 184 g/mol. The van der Waals surface area contributed by atoms with Crippen molar-refractivity contribution in [3.8, 4) is 12.3 Å². The summed E-state index contributed by atoms with van der Waals surface area (Å²) in [7, 11) is 0. The number of hydrogen-bond donors (Lipinski definition) is 1. The Bertz CT molecular complexity index is 231. The minimum atomic E-state index is 0.314.